The molecule has 3 N–H and O–H groups in total. The Morgan fingerprint density at radius 2 is 2.07 bits per heavy atom. The van der Waals surface area contributed by atoms with E-state index in [2.05, 4.69) is 6.92 Å². The number of hydrogen-bond donors (Lipinski definition) is 3. The van der Waals surface area contributed by atoms with E-state index in [1.165, 1.54) is 0 Å². The van der Waals surface area contributed by atoms with E-state index in [4.69, 9.17) is 0 Å². The molecule has 4 rings (SSSR count). The van der Waals surface area contributed by atoms with E-state index >= 15 is 0 Å². The molecule has 3 fully saturated rings. The molecule has 0 heterocycles. The summed E-state index contributed by atoms with van der Waals surface area (Å²) < 4.78 is 0.249. The molecule has 4 aliphatic carbocycles. The van der Waals surface area contributed by atoms with Gasteiger partial charge in [0.25, 0.3) is 0 Å². The molecule has 0 radical (unpaired) electrons. The first kappa shape index (κ1) is 20.7. The normalized spacial score (nSPS) is 48.4. The molecule has 0 bridgehead atoms. The van der Waals surface area contributed by atoms with Crippen LogP contribution in [0.1, 0.15) is 46.0 Å². The van der Waals surface area contributed by atoms with E-state index in [1.54, 1.807) is 12.2 Å². The fourth-order valence-electron chi connectivity index (χ4n) is 7.08. The summed E-state index contributed by atoms with van der Waals surface area (Å²) in [5.41, 5.74) is -1.61. The molecule has 0 amide bonds. The van der Waals surface area contributed by atoms with Gasteiger partial charge in [0.1, 0.15) is 11.7 Å². The first-order chi connectivity index (χ1) is 13.1. The van der Waals surface area contributed by atoms with Gasteiger partial charge < -0.3 is 15.3 Å². The van der Waals surface area contributed by atoms with Crippen molar-refractivity contribution in [3.8, 4) is 0 Å². The molecule has 0 spiro atoms. The second-order valence-corrected chi connectivity index (χ2v) is 10.5. The van der Waals surface area contributed by atoms with Crippen molar-refractivity contribution in [3.63, 3.8) is 0 Å². The number of rotatable bonds is 3. The summed E-state index contributed by atoms with van der Waals surface area (Å²) in [5, 5.41) is 32.9. The number of aliphatic hydroxyl groups is 3. The second-order valence-electron chi connectivity index (χ2n) is 9.65. The number of allylic oxidation sites excluding steroid dienone is 4. The number of hydrogen-bond acceptors (Lipinski definition) is 5. The molecular weight excluding hydrogens is 471 g/mol. The molecule has 154 valence electrons. The van der Waals surface area contributed by atoms with Crippen molar-refractivity contribution in [3.05, 3.63) is 23.8 Å². The fraction of sp³-hybridized carbons (Fsp3) is 0.727. The molecule has 2 unspecified atom stereocenters. The van der Waals surface area contributed by atoms with Gasteiger partial charge in [-0.15, -0.1) is 0 Å². The summed E-state index contributed by atoms with van der Waals surface area (Å²) in [4.78, 5) is 24.8. The molecule has 0 aromatic heterocycles. The lowest BCUT2D eigenvalue weighted by molar-refractivity contribution is -0.181. The fourth-order valence-corrected chi connectivity index (χ4v) is 7.48. The van der Waals surface area contributed by atoms with E-state index in [0.717, 1.165) is 24.8 Å². The van der Waals surface area contributed by atoms with Crippen molar-refractivity contribution in [2.45, 2.75) is 63.8 Å². The monoisotopic (exact) mass is 500 g/mol. The van der Waals surface area contributed by atoms with Crippen molar-refractivity contribution < 1.29 is 24.9 Å². The molecular formula is C22H29IO5. The zero-order valence-electron chi connectivity index (χ0n) is 16.4. The molecule has 3 saturated carbocycles. The number of aliphatic hydroxyl groups excluding tert-OH is 2. The van der Waals surface area contributed by atoms with Gasteiger partial charge in [-0.1, -0.05) is 48.1 Å². The van der Waals surface area contributed by atoms with E-state index in [0.29, 0.717) is 12.8 Å². The van der Waals surface area contributed by atoms with Gasteiger partial charge in [0, 0.05) is 21.2 Å². The summed E-state index contributed by atoms with van der Waals surface area (Å²) in [6.07, 6.45) is 6.48. The SMILES string of the molecule is C[C@]12C=CC(=O)C=C1CC[C@@H]1[C@@H]2C(O)C[C@@]2(C)[C@H]1CC[C@]2(O)C(=O)C(O)CI. The number of Topliss-reactive ketones (excluding diaryl/α,β-unsaturated/α-hetero) is 1. The lowest BCUT2D eigenvalue weighted by atomic mass is 9.46. The maximum absolute atomic E-state index is 12.9. The number of alkyl halides is 1. The Hall–Kier alpha value is -0.570. The first-order valence-electron chi connectivity index (χ1n) is 10.2. The van der Waals surface area contributed by atoms with Gasteiger partial charge in [-0.05, 0) is 56.1 Å². The molecule has 4 aliphatic rings. The molecule has 5 nitrogen and oxygen atoms in total. The van der Waals surface area contributed by atoms with Crippen molar-refractivity contribution in [2.75, 3.05) is 4.43 Å². The number of carbonyl (C=O) groups is 2. The minimum Gasteiger partial charge on any atom is -0.393 e. The standard InChI is InChI=1S/C22H29IO5/c1-20-7-5-13(24)9-12(20)3-4-14-15-6-8-22(28,19(27)17(26)11-23)21(15,2)10-16(25)18(14)20/h5,7,9,14-18,25-26,28H,3-4,6,8,10-11H2,1-2H3/t14-,15-,16?,17?,18+,20-,21-,22-/m0/s1. The zero-order valence-corrected chi connectivity index (χ0v) is 18.6. The van der Waals surface area contributed by atoms with Crippen LogP contribution in [-0.2, 0) is 9.59 Å². The zero-order chi connectivity index (χ0) is 20.5. The quantitative estimate of drug-likeness (QED) is 0.409. The first-order valence-corrected chi connectivity index (χ1v) is 11.7. The van der Waals surface area contributed by atoms with Crippen LogP contribution in [0.2, 0.25) is 0 Å². The van der Waals surface area contributed by atoms with Crippen LogP contribution in [0.4, 0.5) is 0 Å². The van der Waals surface area contributed by atoms with Crippen LogP contribution < -0.4 is 0 Å². The van der Waals surface area contributed by atoms with Gasteiger partial charge in [-0.25, -0.2) is 0 Å². The molecule has 28 heavy (non-hydrogen) atoms. The summed E-state index contributed by atoms with van der Waals surface area (Å²) in [5.74, 6) is -0.229. The highest BCUT2D eigenvalue weighted by Gasteiger charge is 2.68. The Balaban J connectivity index is 1.72. The molecule has 0 aromatic rings. The molecule has 6 heteroatoms. The van der Waals surface area contributed by atoms with Crippen LogP contribution in [0.15, 0.2) is 23.8 Å². The van der Waals surface area contributed by atoms with Gasteiger partial charge >= 0.3 is 0 Å². The third-order valence-corrected chi connectivity index (χ3v) is 9.34. The average molecular weight is 500 g/mol. The summed E-state index contributed by atoms with van der Waals surface area (Å²) in [6, 6.07) is 0. The van der Waals surface area contributed by atoms with Gasteiger partial charge in [0.05, 0.1) is 6.10 Å². The molecule has 0 aliphatic heterocycles. The predicted molar refractivity (Wildman–Crippen MR) is 113 cm³/mol. The van der Waals surface area contributed by atoms with Crippen LogP contribution in [0.3, 0.4) is 0 Å². The molecule has 0 saturated heterocycles. The number of carbonyl (C=O) groups excluding carboxylic acids is 2. The van der Waals surface area contributed by atoms with Gasteiger partial charge in [0.15, 0.2) is 11.6 Å². The van der Waals surface area contributed by atoms with Gasteiger partial charge in [-0.3, -0.25) is 9.59 Å². The predicted octanol–water partition coefficient (Wildman–Crippen LogP) is 2.36. The van der Waals surface area contributed by atoms with Crippen molar-refractivity contribution in [1.29, 1.82) is 0 Å². The Bertz CT molecular complexity index is 775. The van der Waals surface area contributed by atoms with Crippen LogP contribution in [0, 0.1) is 28.6 Å². The lowest BCUT2D eigenvalue weighted by Gasteiger charge is -2.59. The minimum absolute atomic E-state index is 0.00897. The summed E-state index contributed by atoms with van der Waals surface area (Å²) in [6.45, 7) is 4.03. The van der Waals surface area contributed by atoms with Crippen LogP contribution in [-0.4, -0.2) is 49.1 Å². The van der Waals surface area contributed by atoms with E-state index < -0.39 is 29.0 Å². The highest BCUT2D eigenvalue weighted by Crippen LogP contribution is 2.67. The Kier molecular flexibility index (Phi) is 4.97. The van der Waals surface area contributed by atoms with Crippen molar-refractivity contribution in [1.82, 2.24) is 0 Å². The maximum Gasteiger partial charge on any atom is 0.193 e. The number of ketones is 2. The Morgan fingerprint density at radius 3 is 2.75 bits per heavy atom. The van der Waals surface area contributed by atoms with Gasteiger partial charge in [0.2, 0.25) is 0 Å². The summed E-state index contributed by atoms with van der Waals surface area (Å²) in [7, 11) is 0. The van der Waals surface area contributed by atoms with Crippen LogP contribution in [0.5, 0.6) is 0 Å². The Labute approximate surface area is 179 Å². The second kappa shape index (κ2) is 6.72. The highest BCUT2D eigenvalue weighted by molar-refractivity contribution is 14.1. The number of halogens is 1. The third-order valence-electron chi connectivity index (χ3n) is 8.50. The maximum atomic E-state index is 12.9. The van der Waals surface area contributed by atoms with E-state index in [1.807, 2.05) is 35.6 Å². The van der Waals surface area contributed by atoms with E-state index in [-0.39, 0.29) is 33.4 Å². The largest absolute Gasteiger partial charge is 0.393 e. The lowest BCUT2D eigenvalue weighted by Crippen LogP contribution is -2.62. The smallest absolute Gasteiger partial charge is 0.193 e. The summed E-state index contributed by atoms with van der Waals surface area (Å²) >= 11 is 1.96. The topological polar surface area (TPSA) is 94.8 Å². The third kappa shape index (κ3) is 2.60. The minimum atomic E-state index is -1.59. The number of fused-ring (bicyclic) bond motifs is 5. The Morgan fingerprint density at radius 1 is 1.36 bits per heavy atom. The van der Waals surface area contributed by atoms with Crippen molar-refractivity contribution >= 4 is 34.2 Å². The van der Waals surface area contributed by atoms with Crippen LogP contribution >= 0.6 is 22.6 Å². The van der Waals surface area contributed by atoms with Crippen LogP contribution in [0.25, 0.3) is 0 Å². The average Bonchev–Trinajstić information content (AvgIpc) is 2.92. The van der Waals surface area contributed by atoms with E-state index in [9.17, 15) is 24.9 Å². The van der Waals surface area contributed by atoms with Crippen molar-refractivity contribution in [2.24, 2.45) is 28.6 Å². The molecule has 8 atom stereocenters. The highest BCUT2D eigenvalue weighted by atomic mass is 127. The molecule has 0 aromatic carbocycles. The van der Waals surface area contributed by atoms with Gasteiger partial charge in [-0.2, -0.15) is 0 Å².